The molecule has 84 valence electrons. The van der Waals surface area contributed by atoms with Crippen LogP contribution in [0.15, 0.2) is 30.5 Å². The Balaban J connectivity index is 2.51. The molecule has 0 amide bonds. The predicted molar refractivity (Wildman–Crippen MR) is 67.1 cm³/mol. The molecule has 0 radical (unpaired) electrons. The van der Waals surface area contributed by atoms with Gasteiger partial charge in [0.05, 0.1) is 5.69 Å². The number of nitrogens with two attached hydrogens (primary N) is 1. The summed E-state index contributed by atoms with van der Waals surface area (Å²) in [5, 5.41) is 4.48. The van der Waals surface area contributed by atoms with Gasteiger partial charge in [0.15, 0.2) is 0 Å². The van der Waals surface area contributed by atoms with E-state index in [9.17, 15) is 0 Å². The maximum atomic E-state index is 5.99. The van der Waals surface area contributed by atoms with E-state index in [-0.39, 0.29) is 0 Å². The van der Waals surface area contributed by atoms with Crippen LogP contribution in [0.25, 0.3) is 11.1 Å². The fourth-order valence-electron chi connectivity index (χ4n) is 1.92. The summed E-state index contributed by atoms with van der Waals surface area (Å²) >= 11 is 0. The van der Waals surface area contributed by atoms with E-state index < -0.39 is 0 Å². The van der Waals surface area contributed by atoms with Crippen LogP contribution >= 0.6 is 0 Å². The first-order valence-corrected chi connectivity index (χ1v) is 5.59. The Morgan fingerprint density at radius 1 is 1.25 bits per heavy atom. The number of nitrogen functional groups attached to an aromatic ring is 1. The number of para-hydroxylation sites is 1. The summed E-state index contributed by atoms with van der Waals surface area (Å²) in [5.74, 6) is 0. The monoisotopic (exact) mass is 215 g/mol. The number of hydrogen-bond acceptors (Lipinski definition) is 2. The third-order valence-corrected chi connectivity index (χ3v) is 2.64. The molecule has 2 N–H and O–H groups in total. The molecule has 0 aliphatic heterocycles. The van der Waals surface area contributed by atoms with Gasteiger partial charge in [0.2, 0.25) is 0 Å². The topological polar surface area (TPSA) is 43.8 Å². The SMILES string of the molecule is CCCc1nn(C)cc1-c1ccccc1N. The van der Waals surface area contributed by atoms with E-state index in [2.05, 4.69) is 12.0 Å². The van der Waals surface area contributed by atoms with E-state index >= 15 is 0 Å². The summed E-state index contributed by atoms with van der Waals surface area (Å²) in [7, 11) is 1.95. The van der Waals surface area contributed by atoms with Gasteiger partial charge in [0.25, 0.3) is 0 Å². The van der Waals surface area contributed by atoms with Crippen LogP contribution in [0.1, 0.15) is 19.0 Å². The number of benzene rings is 1. The van der Waals surface area contributed by atoms with Crippen molar-refractivity contribution in [3.8, 4) is 11.1 Å². The number of nitrogens with zero attached hydrogens (tertiary/aromatic N) is 2. The lowest BCUT2D eigenvalue weighted by molar-refractivity contribution is 0.733. The summed E-state index contributed by atoms with van der Waals surface area (Å²) in [6.45, 7) is 2.16. The van der Waals surface area contributed by atoms with Gasteiger partial charge in [0, 0.05) is 30.1 Å². The van der Waals surface area contributed by atoms with Crippen molar-refractivity contribution in [2.45, 2.75) is 19.8 Å². The van der Waals surface area contributed by atoms with E-state index in [4.69, 9.17) is 5.73 Å². The number of anilines is 1. The average molecular weight is 215 g/mol. The van der Waals surface area contributed by atoms with Crippen LogP contribution in [0.4, 0.5) is 5.69 Å². The molecule has 0 bridgehead atoms. The average Bonchev–Trinajstić information content (AvgIpc) is 2.61. The highest BCUT2D eigenvalue weighted by Gasteiger charge is 2.10. The molecule has 3 heteroatoms. The molecule has 0 aliphatic carbocycles. The fourth-order valence-corrected chi connectivity index (χ4v) is 1.92. The number of aryl methyl sites for hydroxylation is 2. The van der Waals surface area contributed by atoms with E-state index in [0.717, 1.165) is 35.3 Å². The highest BCUT2D eigenvalue weighted by molar-refractivity contribution is 5.77. The highest BCUT2D eigenvalue weighted by atomic mass is 15.2. The van der Waals surface area contributed by atoms with Gasteiger partial charge in [-0.2, -0.15) is 5.10 Å². The molecular formula is C13H17N3. The van der Waals surface area contributed by atoms with E-state index in [0.29, 0.717) is 0 Å². The normalized spacial score (nSPS) is 10.6. The van der Waals surface area contributed by atoms with Crippen LogP contribution in [0.2, 0.25) is 0 Å². The van der Waals surface area contributed by atoms with E-state index in [1.807, 2.05) is 42.2 Å². The second-order valence-electron chi connectivity index (χ2n) is 4.00. The number of rotatable bonds is 3. The molecule has 0 unspecified atom stereocenters. The molecule has 0 aliphatic rings. The molecule has 0 fully saturated rings. The maximum absolute atomic E-state index is 5.99. The third-order valence-electron chi connectivity index (χ3n) is 2.64. The lowest BCUT2D eigenvalue weighted by Gasteiger charge is -2.04. The third kappa shape index (κ3) is 1.94. The van der Waals surface area contributed by atoms with Crippen LogP contribution < -0.4 is 5.73 Å². The predicted octanol–water partition coefficient (Wildman–Crippen LogP) is 2.62. The van der Waals surface area contributed by atoms with Gasteiger partial charge in [-0.1, -0.05) is 31.5 Å². The van der Waals surface area contributed by atoms with Crippen LogP contribution in [-0.2, 0) is 13.5 Å². The number of hydrogen-bond donors (Lipinski definition) is 1. The van der Waals surface area contributed by atoms with Crippen molar-refractivity contribution in [1.29, 1.82) is 0 Å². The van der Waals surface area contributed by atoms with Crippen LogP contribution in [-0.4, -0.2) is 9.78 Å². The Labute approximate surface area is 95.9 Å². The molecule has 2 aromatic rings. The van der Waals surface area contributed by atoms with Crippen LogP contribution in [0.5, 0.6) is 0 Å². The molecule has 1 aromatic carbocycles. The fraction of sp³-hybridized carbons (Fsp3) is 0.308. The zero-order chi connectivity index (χ0) is 11.5. The first kappa shape index (κ1) is 10.7. The Bertz CT molecular complexity index is 486. The lowest BCUT2D eigenvalue weighted by Crippen LogP contribution is -1.93. The van der Waals surface area contributed by atoms with E-state index in [1.165, 1.54) is 0 Å². The Kier molecular flexibility index (Phi) is 2.95. The molecule has 0 saturated heterocycles. The molecular weight excluding hydrogens is 198 g/mol. The standard InChI is InChI=1S/C13H17N3/c1-3-6-13-11(9-16(2)15-13)10-7-4-5-8-12(10)14/h4-5,7-9H,3,6,14H2,1-2H3. The molecule has 0 spiro atoms. The number of aromatic nitrogens is 2. The molecule has 1 aromatic heterocycles. The van der Waals surface area contributed by atoms with Crippen molar-refractivity contribution in [3.63, 3.8) is 0 Å². The zero-order valence-electron chi connectivity index (χ0n) is 9.77. The maximum Gasteiger partial charge on any atom is 0.0703 e. The molecule has 16 heavy (non-hydrogen) atoms. The van der Waals surface area contributed by atoms with E-state index in [1.54, 1.807) is 0 Å². The molecule has 3 nitrogen and oxygen atoms in total. The largest absolute Gasteiger partial charge is 0.398 e. The Morgan fingerprint density at radius 3 is 2.69 bits per heavy atom. The van der Waals surface area contributed by atoms with Crippen molar-refractivity contribution in [2.24, 2.45) is 7.05 Å². The highest BCUT2D eigenvalue weighted by Crippen LogP contribution is 2.28. The van der Waals surface area contributed by atoms with Crippen molar-refractivity contribution in [2.75, 3.05) is 5.73 Å². The first-order valence-electron chi connectivity index (χ1n) is 5.59. The molecule has 0 atom stereocenters. The first-order chi connectivity index (χ1) is 7.72. The quantitative estimate of drug-likeness (QED) is 0.800. The van der Waals surface area contributed by atoms with Gasteiger partial charge in [0.1, 0.15) is 0 Å². The van der Waals surface area contributed by atoms with Gasteiger partial charge in [-0.3, -0.25) is 4.68 Å². The lowest BCUT2D eigenvalue weighted by atomic mass is 10.0. The summed E-state index contributed by atoms with van der Waals surface area (Å²) in [6.07, 6.45) is 4.12. The van der Waals surface area contributed by atoms with Gasteiger partial charge in [-0.15, -0.1) is 0 Å². The van der Waals surface area contributed by atoms with Gasteiger partial charge < -0.3 is 5.73 Å². The molecule has 1 heterocycles. The smallest absolute Gasteiger partial charge is 0.0703 e. The summed E-state index contributed by atoms with van der Waals surface area (Å²) < 4.78 is 1.85. The molecule has 0 saturated carbocycles. The summed E-state index contributed by atoms with van der Waals surface area (Å²) in [4.78, 5) is 0. The van der Waals surface area contributed by atoms with Gasteiger partial charge >= 0.3 is 0 Å². The second kappa shape index (κ2) is 4.39. The minimum absolute atomic E-state index is 0.813. The van der Waals surface area contributed by atoms with Crippen molar-refractivity contribution in [1.82, 2.24) is 9.78 Å². The van der Waals surface area contributed by atoms with Crippen LogP contribution in [0, 0.1) is 0 Å². The summed E-state index contributed by atoms with van der Waals surface area (Å²) in [5.41, 5.74) is 10.2. The second-order valence-corrected chi connectivity index (χ2v) is 4.00. The van der Waals surface area contributed by atoms with Crippen molar-refractivity contribution >= 4 is 5.69 Å². The minimum Gasteiger partial charge on any atom is -0.398 e. The molecule has 2 rings (SSSR count). The van der Waals surface area contributed by atoms with Gasteiger partial charge in [-0.05, 0) is 12.5 Å². The van der Waals surface area contributed by atoms with Gasteiger partial charge in [-0.25, -0.2) is 0 Å². The Morgan fingerprint density at radius 2 is 2.00 bits per heavy atom. The Hall–Kier alpha value is -1.77. The zero-order valence-corrected chi connectivity index (χ0v) is 9.77. The minimum atomic E-state index is 0.813. The summed E-state index contributed by atoms with van der Waals surface area (Å²) in [6, 6.07) is 7.94. The van der Waals surface area contributed by atoms with Crippen molar-refractivity contribution in [3.05, 3.63) is 36.2 Å². The van der Waals surface area contributed by atoms with Crippen molar-refractivity contribution < 1.29 is 0 Å². The van der Waals surface area contributed by atoms with Crippen LogP contribution in [0.3, 0.4) is 0 Å².